The van der Waals surface area contributed by atoms with Crippen molar-refractivity contribution in [3.05, 3.63) is 0 Å². The summed E-state index contributed by atoms with van der Waals surface area (Å²) in [4.78, 5) is 10.2. The normalized spacial score (nSPS) is 11.1. The Morgan fingerprint density at radius 2 is 2.22 bits per heavy atom. The minimum absolute atomic E-state index is 0.0639. The molecule has 0 aromatic heterocycles. The first-order valence-corrected chi connectivity index (χ1v) is 2.67. The van der Waals surface area contributed by atoms with E-state index in [9.17, 15) is 4.79 Å². The van der Waals surface area contributed by atoms with Crippen molar-refractivity contribution in [1.29, 1.82) is 0 Å². The second kappa shape index (κ2) is 3.00. The zero-order valence-electron chi connectivity index (χ0n) is 4.80. The summed E-state index contributed by atoms with van der Waals surface area (Å²) in [7, 11) is 0. The predicted molar refractivity (Wildman–Crippen MR) is 29.7 cm³/mol. The van der Waals surface area contributed by atoms with Crippen LogP contribution in [0.2, 0.25) is 0 Å². The third kappa shape index (κ3) is 3.29. The third-order valence-electron chi connectivity index (χ3n) is 0.535. The van der Waals surface area contributed by atoms with Crippen LogP contribution in [-0.2, 0) is 9.53 Å². The number of carbonyl (C=O) groups is 1. The van der Waals surface area contributed by atoms with E-state index < -0.39 is 11.2 Å². The lowest BCUT2D eigenvalue weighted by molar-refractivity contribution is -0.183. The van der Waals surface area contributed by atoms with Crippen molar-refractivity contribution in [1.82, 2.24) is 0 Å². The number of aliphatic hydroxyl groups is 2. The third-order valence-corrected chi connectivity index (χ3v) is 0.689. The van der Waals surface area contributed by atoms with Crippen LogP contribution in [-0.4, -0.2) is 28.0 Å². The predicted octanol–water partition coefficient (Wildman–Crippen LogP) is -0.573. The fourth-order valence-corrected chi connectivity index (χ4v) is 0.277. The monoisotopic (exact) mass is 154 g/mol. The second-order valence-electron chi connectivity index (χ2n) is 1.31. The Kier molecular flexibility index (Phi) is 2.90. The van der Waals surface area contributed by atoms with Gasteiger partial charge in [0.2, 0.25) is 0 Å². The number of halogens is 1. The number of hydrogen-bond acceptors (Lipinski definition) is 4. The number of hydrogen-bond donors (Lipinski definition) is 2. The Morgan fingerprint density at radius 1 is 1.78 bits per heavy atom. The number of alkyl halides is 1. The SMILES string of the molecule is CCOC(=O)C(O)(O)Cl. The standard InChI is InChI=1S/C4H7ClO4/c1-2-9-3(6)4(5,7)8/h7-8H,2H2,1H3. The molecular weight excluding hydrogens is 147 g/mol. The molecule has 0 atom stereocenters. The lowest BCUT2D eigenvalue weighted by Crippen LogP contribution is -2.33. The van der Waals surface area contributed by atoms with Crippen molar-refractivity contribution >= 4 is 17.6 Å². The summed E-state index contributed by atoms with van der Waals surface area (Å²) in [6.45, 7) is 1.59. The van der Waals surface area contributed by atoms with E-state index in [0.29, 0.717) is 0 Å². The minimum atomic E-state index is -2.88. The number of rotatable bonds is 2. The van der Waals surface area contributed by atoms with Gasteiger partial charge < -0.3 is 14.9 Å². The summed E-state index contributed by atoms with van der Waals surface area (Å²) < 4.78 is 4.14. The number of ether oxygens (including phenoxy) is 1. The van der Waals surface area contributed by atoms with Gasteiger partial charge in [-0.3, -0.25) is 0 Å². The van der Waals surface area contributed by atoms with Gasteiger partial charge in [-0.25, -0.2) is 4.79 Å². The van der Waals surface area contributed by atoms with Crippen molar-refractivity contribution in [3.63, 3.8) is 0 Å². The van der Waals surface area contributed by atoms with E-state index in [-0.39, 0.29) is 6.61 Å². The fourth-order valence-electron chi connectivity index (χ4n) is 0.223. The highest BCUT2D eigenvalue weighted by Crippen LogP contribution is 2.06. The van der Waals surface area contributed by atoms with Crippen LogP contribution in [0.5, 0.6) is 0 Å². The van der Waals surface area contributed by atoms with Crippen molar-refractivity contribution in [3.8, 4) is 0 Å². The lowest BCUT2D eigenvalue weighted by Gasteiger charge is -2.09. The van der Waals surface area contributed by atoms with E-state index in [1.165, 1.54) is 6.92 Å². The van der Waals surface area contributed by atoms with Gasteiger partial charge in [-0.1, -0.05) is 0 Å². The van der Waals surface area contributed by atoms with E-state index in [2.05, 4.69) is 4.74 Å². The quantitative estimate of drug-likeness (QED) is 0.318. The molecule has 0 radical (unpaired) electrons. The Labute approximate surface area is 57.0 Å². The molecule has 0 aromatic carbocycles. The Hall–Kier alpha value is -0.320. The second-order valence-corrected chi connectivity index (χ2v) is 1.83. The highest BCUT2D eigenvalue weighted by Gasteiger charge is 2.31. The van der Waals surface area contributed by atoms with Crippen molar-refractivity contribution < 1.29 is 19.7 Å². The van der Waals surface area contributed by atoms with Crippen LogP contribution < -0.4 is 0 Å². The molecule has 4 nitrogen and oxygen atoms in total. The number of esters is 1. The van der Waals surface area contributed by atoms with Gasteiger partial charge in [-0.2, -0.15) is 0 Å². The molecule has 0 rings (SSSR count). The van der Waals surface area contributed by atoms with Gasteiger partial charge in [0, 0.05) is 0 Å². The average Bonchev–Trinajstić information content (AvgIpc) is 1.64. The molecule has 0 aromatic rings. The first-order valence-electron chi connectivity index (χ1n) is 2.29. The maximum absolute atomic E-state index is 10.2. The topological polar surface area (TPSA) is 66.8 Å². The molecule has 54 valence electrons. The molecule has 0 aliphatic rings. The molecule has 0 aliphatic carbocycles. The van der Waals surface area contributed by atoms with E-state index in [1.54, 1.807) is 0 Å². The van der Waals surface area contributed by atoms with Crippen molar-refractivity contribution in [2.45, 2.75) is 12.2 Å². The highest BCUT2D eigenvalue weighted by atomic mass is 35.5. The molecule has 0 heterocycles. The molecule has 2 N–H and O–H groups in total. The summed E-state index contributed by atoms with van der Waals surface area (Å²) in [5, 5.41) is 13.6. The maximum Gasteiger partial charge on any atom is 0.383 e. The molecule has 0 bridgehead atoms. The smallest absolute Gasteiger partial charge is 0.383 e. The fraction of sp³-hybridized carbons (Fsp3) is 0.750. The zero-order valence-corrected chi connectivity index (χ0v) is 5.55. The molecule has 0 unspecified atom stereocenters. The van der Waals surface area contributed by atoms with Crippen LogP contribution >= 0.6 is 11.6 Å². The molecular formula is C4H7ClO4. The zero-order chi connectivity index (χ0) is 7.49. The minimum Gasteiger partial charge on any atom is -0.461 e. The summed E-state index contributed by atoms with van der Waals surface area (Å²) in [5.41, 5.74) is 0. The molecule has 0 saturated carbocycles. The summed E-state index contributed by atoms with van der Waals surface area (Å²) in [6.07, 6.45) is 0. The lowest BCUT2D eigenvalue weighted by atomic mass is 10.6. The van der Waals surface area contributed by atoms with Gasteiger partial charge in [0.05, 0.1) is 6.61 Å². The maximum atomic E-state index is 10.2. The van der Waals surface area contributed by atoms with Crippen LogP contribution in [0.15, 0.2) is 0 Å². The van der Waals surface area contributed by atoms with Crippen molar-refractivity contribution in [2.75, 3.05) is 6.61 Å². The highest BCUT2D eigenvalue weighted by molar-refractivity contribution is 6.30. The summed E-state index contributed by atoms with van der Waals surface area (Å²) >= 11 is 4.70. The summed E-state index contributed by atoms with van der Waals surface area (Å²) in [6, 6.07) is 0. The van der Waals surface area contributed by atoms with Crippen LogP contribution in [0.3, 0.4) is 0 Å². The molecule has 0 aliphatic heterocycles. The van der Waals surface area contributed by atoms with E-state index >= 15 is 0 Å². The van der Waals surface area contributed by atoms with Gasteiger partial charge in [0.1, 0.15) is 0 Å². The van der Waals surface area contributed by atoms with Crippen LogP contribution in [0.1, 0.15) is 6.92 Å². The molecule has 0 saturated heterocycles. The number of carbonyl (C=O) groups excluding carboxylic acids is 1. The molecule has 9 heavy (non-hydrogen) atoms. The van der Waals surface area contributed by atoms with Crippen molar-refractivity contribution in [2.24, 2.45) is 0 Å². The van der Waals surface area contributed by atoms with Gasteiger partial charge in [0.25, 0.3) is 0 Å². The van der Waals surface area contributed by atoms with Gasteiger partial charge in [0.15, 0.2) is 0 Å². The Morgan fingerprint density at radius 3 is 2.33 bits per heavy atom. The van der Waals surface area contributed by atoms with E-state index in [0.717, 1.165) is 0 Å². The van der Waals surface area contributed by atoms with E-state index in [1.807, 2.05) is 0 Å². The molecule has 0 amide bonds. The van der Waals surface area contributed by atoms with Crippen LogP contribution in [0.25, 0.3) is 0 Å². The van der Waals surface area contributed by atoms with E-state index in [4.69, 9.17) is 21.8 Å². The van der Waals surface area contributed by atoms with Crippen LogP contribution in [0, 0.1) is 0 Å². The Bertz CT molecular complexity index is 106. The summed E-state index contributed by atoms with van der Waals surface area (Å²) in [5.74, 6) is -1.26. The van der Waals surface area contributed by atoms with Gasteiger partial charge >= 0.3 is 11.2 Å². The Balaban J connectivity index is 3.74. The van der Waals surface area contributed by atoms with Crippen LogP contribution in [0.4, 0.5) is 0 Å². The molecule has 0 spiro atoms. The van der Waals surface area contributed by atoms with Gasteiger partial charge in [-0.15, -0.1) is 0 Å². The largest absolute Gasteiger partial charge is 0.461 e. The van der Waals surface area contributed by atoms with Gasteiger partial charge in [-0.05, 0) is 18.5 Å². The first-order chi connectivity index (χ1) is 3.98. The first kappa shape index (κ1) is 8.68. The molecule has 5 heteroatoms. The average molecular weight is 155 g/mol. The molecule has 0 fully saturated rings.